The fraction of sp³-hybridized carbons (Fsp3) is 0.867. The first-order valence-corrected chi connectivity index (χ1v) is 7.78. The minimum atomic E-state index is 0.0459. The largest absolute Gasteiger partial charge is 0.375 e. The summed E-state index contributed by atoms with van der Waals surface area (Å²) in [6.45, 7) is 1.59. The highest BCUT2D eigenvalue weighted by atomic mass is 16.5. The van der Waals surface area contributed by atoms with Crippen molar-refractivity contribution in [2.45, 2.75) is 51.0 Å². The summed E-state index contributed by atoms with van der Waals surface area (Å²) in [4.78, 5) is 25.7. The lowest BCUT2D eigenvalue weighted by molar-refractivity contribution is -0.136. The van der Waals surface area contributed by atoms with Gasteiger partial charge in [-0.3, -0.25) is 9.59 Å². The zero-order valence-corrected chi connectivity index (χ0v) is 12.4. The van der Waals surface area contributed by atoms with Crippen LogP contribution in [0.3, 0.4) is 0 Å². The Bertz CT molecular complexity index is 332. The van der Waals surface area contributed by atoms with E-state index in [0.29, 0.717) is 0 Å². The molecule has 5 nitrogen and oxygen atoms in total. The van der Waals surface area contributed by atoms with Crippen LogP contribution < -0.4 is 5.32 Å². The van der Waals surface area contributed by atoms with Crippen LogP contribution in [0.2, 0.25) is 0 Å². The number of hydrogen-bond acceptors (Lipinski definition) is 3. The van der Waals surface area contributed by atoms with Crippen LogP contribution in [-0.4, -0.2) is 49.6 Å². The molecule has 0 aromatic rings. The minimum Gasteiger partial charge on any atom is -0.375 e. The van der Waals surface area contributed by atoms with Gasteiger partial charge in [0.15, 0.2) is 0 Å². The summed E-state index contributed by atoms with van der Waals surface area (Å²) in [5, 5.41) is 3.17. The standard InChI is InChI=1S/C15H26N2O3/c1-20-11-14(18)17-9-7-13(8-10-17)16-15(19)12-5-3-2-4-6-12/h12-13H,2-11H2,1H3,(H,16,19). The molecule has 2 aliphatic rings. The van der Waals surface area contributed by atoms with E-state index in [2.05, 4.69) is 5.32 Å². The van der Waals surface area contributed by atoms with Gasteiger partial charge < -0.3 is 15.0 Å². The molecule has 0 aromatic carbocycles. The maximum absolute atomic E-state index is 12.2. The van der Waals surface area contributed by atoms with Crippen LogP contribution in [-0.2, 0) is 14.3 Å². The van der Waals surface area contributed by atoms with Gasteiger partial charge in [0, 0.05) is 32.2 Å². The van der Waals surface area contributed by atoms with Crippen molar-refractivity contribution in [3.63, 3.8) is 0 Å². The molecule has 1 saturated heterocycles. The molecule has 1 heterocycles. The molecule has 5 heteroatoms. The fourth-order valence-electron chi connectivity index (χ4n) is 3.17. The Morgan fingerprint density at radius 3 is 2.35 bits per heavy atom. The Kier molecular flexibility index (Phi) is 5.83. The predicted molar refractivity (Wildman–Crippen MR) is 76.2 cm³/mol. The van der Waals surface area contributed by atoms with Gasteiger partial charge in [0.1, 0.15) is 6.61 Å². The molecule has 1 aliphatic carbocycles. The topological polar surface area (TPSA) is 58.6 Å². The predicted octanol–water partition coefficient (Wildman–Crippen LogP) is 1.32. The van der Waals surface area contributed by atoms with Crippen molar-refractivity contribution in [1.82, 2.24) is 10.2 Å². The Morgan fingerprint density at radius 1 is 1.10 bits per heavy atom. The number of likely N-dealkylation sites (tertiary alicyclic amines) is 1. The van der Waals surface area contributed by atoms with E-state index in [9.17, 15) is 9.59 Å². The Morgan fingerprint density at radius 2 is 1.75 bits per heavy atom. The van der Waals surface area contributed by atoms with Crippen molar-refractivity contribution in [2.24, 2.45) is 5.92 Å². The van der Waals surface area contributed by atoms with E-state index >= 15 is 0 Å². The van der Waals surface area contributed by atoms with E-state index in [1.165, 1.54) is 26.4 Å². The van der Waals surface area contributed by atoms with Gasteiger partial charge in [-0.1, -0.05) is 19.3 Å². The van der Waals surface area contributed by atoms with E-state index < -0.39 is 0 Å². The lowest BCUT2D eigenvalue weighted by atomic mass is 9.88. The molecule has 2 fully saturated rings. The number of methoxy groups -OCH3 is 1. The first-order chi connectivity index (χ1) is 9.70. The number of rotatable bonds is 4. The van der Waals surface area contributed by atoms with E-state index in [-0.39, 0.29) is 30.4 Å². The van der Waals surface area contributed by atoms with Gasteiger partial charge in [0.05, 0.1) is 0 Å². The third-order valence-electron chi connectivity index (χ3n) is 4.44. The molecule has 0 unspecified atom stereocenters. The first-order valence-electron chi connectivity index (χ1n) is 7.78. The number of nitrogens with one attached hydrogen (secondary N) is 1. The van der Waals surface area contributed by atoms with Gasteiger partial charge in [-0.2, -0.15) is 0 Å². The molecule has 2 amide bonds. The molecule has 2 rings (SSSR count). The monoisotopic (exact) mass is 282 g/mol. The lowest BCUT2D eigenvalue weighted by Gasteiger charge is -2.33. The second kappa shape index (κ2) is 7.62. The van der Waals surface area contributed by atoms with Gasteiger partial charge in [-0.05, 0) is 25.7 Å². The third kappa shape index (κ3) is 4.20. The molecule has 0 atom stereocenters. The molecule has 0 bridgehead atoms. The number of amides is 2. The SMILES string of the molecule is COCC(=O)N1CCC(NC(=O)C2CCCCC2)CC1. The fourth-order valence-corrected chi connectivity index (χ4v) is 3.17. The average Bonchev–Trinajstić information content (AvgIpc) is 2.49. The molecule has 1 N–H and O–H groups in total. The summed E-state index contributed by atoms with van der Waals surface area (Å²) in [5.74, 6) is 0.493. The van der Waals surface area contributed by atoms with Gasteiger partial charge in [0.2, 0.25) is 11.8 Å². The quantitative estimate of drug-likeness (QED) is 0.846. The van der Waals surface area contributed by atoms with Crippen molar-refractivity contribution < 1.29 is 14.3 Å². The van der Waals surface area contributed by atoms with E-state index in [4.69, 9.17) is 4.74 Å². The van der Waals surface area contributed by atoms with Crippen LogP contribution in [0.5, 0.6) is 0 Å². The summed E-state index contributed by atoms with van der Waals surface area (Å²) in [6, 6.07) is 0.232. The van der Waals surface area contributed by atoms with Crippen molar-refractivity contribution in [2.75, 3.05) is 26.8 Å². The Balaban J connectivity index is 1.71. The number of carbonyl (C=O) groups is 2. The number of hydrogen-bond donors (Lipinski definition) is 1. The van der Waals surface area contributed by atoms with Crippen molar-refractivity contribution in [3.8, 4) is 0 Å². The molecular weight excluding hydrogens is 256 g/mol. The van der Waals surface area contributed by atoms with Crippen molar-refractivity contribution >= 4 is 11.8 Å². The average molecular weight is 282 g/mol. The third-order valence-corrected chi connectivity index (χ3v) is 4.44. The number of nitrogens with zero attached hydrogens (tertiary/aromatic N) is 1. The summed E-state index contributed by atoms with van der Waals surface area (Å²) >= 11 is 0. The lowest BCUT2D eigenvalue weighted by Crippen LogP contribution is -2.48. The van der Waals surface area contributed by atoms with Gasteiger partial charge in [0.25, 0.3) is 0 Å². The molecule has 0 spiro atoms. The van der Waals surface area contributed by atoms with Crippen molar-refractivity contribution in [3.05, 3.63) is 0 Å². The maximum atomic E-state index is 12.2. The molecule has 0 aromatic heterocycles. The summed E-state index contributed by atoms with van der Waals surface area (Å²) in [6.07, 6.45) is 7.42. The Labute approximate surface area is 121 Å². The smallest absolute Gasteiger partial charge is 0.248 e. The van der Waals surface area contributed by atoms with Gasteiger partial charge in [-0.15, -0.1) is 0 Å². The highest BCUT2D eigenvalue weighted by Crippen LogP contribution is 2.24. The van der Waals surface area contributed by atoms with Crippen LogP contribution in [0.1, 0.15) is 44.9 Å². The molecule has 114 valence electrons. The molecule has 0 radical (unpaired) electrons. The molecule has 1 aliphatic heterocycles. The van der Waals surface area contributed by atoms with Crippen molar-refractivity contribution in [1.29, 1.82) is 0 Å². The normalized spacial score (nSPS) is 21.8. The summed E-state index contributed by atoms with van der Waals surface area (Å²) in [5.41, 5.74) is 0. The van der Waals surface area contributed by atoms with E-state index in [0.717, 1.165) is 38.8 Å². The summed E-state index contributed by atoms with van der Waals surface area (Å²) < 4.78 is 4.87. The van der Waals surface area contributed by atoms with Gasteiger partial charge >= 0.3 is 0 Å². The van der Waals surface area contributed by atoms with Crippen LogP contribution in [0.4, 0.5) is 0 Å². The number of piperidine rings is 1. The second-order valence-corrected chi connectivity index (χ2v) is 5.93. The van der Waals surface area contributed by atoms with Crippen LogP contribution >= 0.6 is 0 Å². The van der Waals surface area contributed by atoms with Gasteiger partial charge in [-0.25, -0.2) is 0 Å². The highest BCUT2D eigenvalue weighted by molar-refractivity contribution is 5.79. The van der Waals surface area contributed by atoms with Crippen LogP contribution in [0.25, 0.3) is 0 Å². The molecule has 1 saturated carbocycles. The molecule has 20 heavy (non-hydrogen) atoms. The molecular formula is C15H26N2O3. The highest BCUT2D eigenvalue weighted by Gasteiger charge is 2.27. The first kappa shape index (κ1) is 15.3. The zero-order chi connectivity index (χ0) is 14.4. The number of carbonyl (C=O) groups excluding carboxylic acids is 2. The van der Waals surface area contributed by atoms with E-state index in [1.807, 2.05) is 4.90 Å². The van der Waals surface area contributed by atoms with E-state index in [1.54, 1.807) is 0 Å². The number of ether oxygens (including phenoxy) is 1. The van der Waals surface area contributed by atoms with Crippen LogP contribution in [0.15, 0.2) is 0 Å². The summed E-state index contributed by atoms with van der Waals surface area (Å²) in [7, 11) is 1.54. The maximum Gasteiger partial charge on any atom is 0.248 e. The zero-order valence-electron chi connectivity index (χ0n) is 12.4. The Hall–Kier alpha value is -1.10. The van der Waals surface area contributed by atoms with Crippen LogP contribution in [0, 0.1) is 5.92 Å². The minimum absolute atomic E-state index is 0.0459. The second-order valence-electron chi connectivity index (χ2n) is 5.93.